The fourth-order valence-corrected chi connectivity index (χ4v) is 1.55. The number of hydrogen-bond donors (Lipinski definition) is 1. The van der Waals surface area contributed by atoms with Gasteiger partial charge < -0.3 is 0 Å². The van der Waals surface area contributed by atoms with E-state index in [2.05, 4.69) is 10.2 Å². The molecule has 0 atom stereocenters. The monoisotopic (exact) mass is 214 g/mol. The van der Waals surface area contributed by atoms with Crippen molar-refractivity contribution in [3.63, 3.8) is 0 Å². The quantitative estimate of drug-likeness (QED) is 0.776. The van der Waals surface area contributed by atoms with Crippen molar-refractivity contribution in [3.05, 3.63) is 29.5 Å². The Kier molecular flexibility index (Phi) is 2.17. The molecule has 0 amide bonds. The van der Waals surface area contributed by atoms with Gasteiger partial charge in [0.05, 0.1) is 18.1 Å². The minimum absolute atomic E-state index is 0.302. The maximum atomic E-state index is 12.2. The van der Waals surface area contributed by atoms with Crippen LogP contribution >= 0.6 is 0 Å². The summed E-state index contributed by atoms with van der Waals surface area (Å²) >= 11 is 0. The third-order valence-electron chi connectivity index (χ3n) is 2.29. The van der Waals surface area contributed by atoms with Crippen molar-refractivity contribution in [2.75, 3.05) is 0 Å². The number of halogens is 3. The van der Waals surface area contributed by atoms with Gasteiger partial charge in [0.1, 0.15) is 0 Å². The first-order valence-electron chi connectivity index (χ1n) is 4.45. The zero-order valence-corrected chi connectivity index (χ0v) is 8.02. The summed E-state index contributed by atoms with van der Waals surface area (Å²) in [6, 6.07) is 3.21. The zero-order chi connectivity index (χ0) is 11.1. The molecule has 15 heavy (non-hydrogen) atoms. The highest BCUT2D eigenvalue weighted by Gasteiger charge is 2.28. The minimum Gasteiger partial charge on any atom is -0.278 e. The van der Waals surface area contributed by atoms with Gasteiger partial charge in [0.25, 0.3) is 0 Å². The van der Waals surface area contributed by atoms with Crippen molar-refractivity contribution < 1.29 is 13.2 Å². The molecule has 1 N–H and O–H groups in total. The van der Waals surface area contributed by atoms with Crippen molar-refractivity contribution in [3.8, 4) is 0 Å². The molecule has 1 heterocycles. The molecule has 2 aromatic rings. The number of alkyl halides is 3. The first kappa shape index (κ1) is 10.0. The molecular weight excluding hydrogens is 205 g/mol. The van der Waals surface area contributed by atoms with Crippen LogP contribution < -0.4 is 0 Å². The molecule has 0 spiro atoms. The van der Waals surface area contributed by atoms with E-state index < -0.39 is 12.6 Å². The topological polar surface area (TPSA) is 28.7 Å². The summed E-state index contributed by atoms with van der Waals surface area (Å²) in [5.41, 5.74) is 1.69. The summed E-state index contributed by atoms with van der Waals surface area (Å²) in [5.74, 6) is 0. The van der Waals surface area contributed by atoms with Crippen LogP contribution in [0, 0.1) is 6.92 Å². The third-order valence-corrected chi connectivity index (χ3v) is 2.29. The van der Waals surface area contributed by atoms with E-state index in [0.29, 0.717) is 16.5 Å². The van der Waals surface area contributed by atoms with Gasteiger partial charge in [-0.3, -0.25) is 5.10 Å². The van der Waals surface area contributed by atoms with Crippen molar-refractivity contribution in [1.82, 2.24) is 10.2 Å². The normalized spacial score (nSPS) is 12.3. The lowest BCUT2D eigenvalue weighted by Gasteiger charge is -2.09. The van der Waals surface area contributed by atoms with Crippen LogP contribution in [0.15, 0.2) is 18.3 Å². The highest BCUT2D eigenvalue weighted by Crippen LogP contribution is 2.25. The van der Waals surface area contributed by atoms with Crippen LogP contribution in [0.4, 0.5) is 13.2 Å². The number of nitrogens with zero attached hydrogens (tertiary/aromatic N) is 1. The Hall–Kier alpha value is -1.52. The number of benzene rings is 1. The lowest BCUT2D eigenvalue weighted by molar-refractivity contribution is -0.127. The maximum absolute atomic E-state index is 12.2. The first-order valence-corrected chi connectivity index (χ1v) is 4.45. The number of hydrogen-bond acceptors (Lipinski definition) is 1. The fraction of sp³-hybridized carbons (Fsp3) is 0.300. The first-order chi connectivity index (χ1) is 6.96. The van der Waals surface area contributed by atoms with Crippen LogP contribution in [-0.4, -0.2) is 16.4 Å². The molecule has 0 aliphatic rings. The summed E-state index contributed by atoms with van der Waals surface area (Å²) in [6.45, 7) is 1.67. The van der Waals surface area contributed by atoms with Crippen LogP contribution in [-0.2, 0) is 6.42 Å². The number of aryl methyl sites for hydroxylation is 1. The molecule has 5 heteroatoms. The molecule has 0 unspecified atom stereocenters. The molecule has 0 bridgehead atoms. The predicted octanol–water partition coefficient (Wildman–Crippen LogP) is 2.98. The predicted molar refractivity (Wildman–Crippen MR) is 50.6 cm³/mol. The smallest absolute Gasteiger partial charge is 0.278 e. The van der Waals surface area contributed by atoms with Gasteiger partial charge in [-0.2, -0.15) is 18.3 Å². The number of fused-ring (bicyclic) bond motifs is 1. The number of nitrogens with one attached hydrogen (secondary N) is 1. The Morgan fingerprint density at radius 1 is 1.33 bits per heavy atom. The van der Waals surface area contributed by atoms with Gasteiger partial charge in [-0.1, -0.05) is 0 Å². The molecule has 1 aromatic heterocycles. The Bertz CT molecular complexity index is 485. The largest absolute Gasteiger partial charge is 0.393 e. The molecule has 2 rings (SSSR count). The van der Waals surface area contributed by atoms with Gasteiger partial charge in [-0.05, 0) is 30.2 Å². The van der Waals surface area contributed by atoms with E-state index in [1.165, 1.54) is 12.3 Å². The van der Waals surface area contributed by atoms with Gasteiger partial charge in [0.15, 0.2) is 0 Å². The van der Waals surface area contributed by atoms with Crippen LogP contribution in [0.5, 0.6) is 0 Å². The number of H-pyrrole nitrogens is 1. The van der Waals surface area contributed by atoms with Crippen molar-refractivity contribution in [1.29, 1.82) is 0 Å². The standard InChI is InChI=1S/C10H9F3N2/c1-6-2-9-8(5-14-15-9)3-7(6)4-10(11,12)13/h2-3,5H,4H2,1H3,(H,14,15). The van der Waals surface area contributed by atoms with Gasteiger partial charge in [0, 0.05) is 5.39 Å². The van der Waals surface area contributed by atoms with Crippen LogP contribution in [0.1, 0.15) is 11.1 Å². The summed E-state index contributed by atoms with van der Waals surface area (Å²) in [6.07, 6.45) is -3.53. The lowest BCUT2D eigenvalue weighted by atomic mass is 10.0. The average molecular weight is 214 g/mol. The minimum atomic E-state index is -4.16. The van der Waals surface area contributed by atoms with Crippen molar-refractivity contribution in [2.24, 2.45) is 0 Å². The van der Waals surface area contributed by atoms with E-state index in [1.54, 1.807) is 13.0 Å². The maximum Gasteiger partial charge on any atom is 0.393 e. The van der Waals surface area contributed by atoms with Gasteiger partial charge in [-0.25, -0.2) is 0 Å². The number of rotatable bonds is 1. The Morgan fingerprint density at radius 3 is 2.73 bits per heavy atom. The highest BCUT2D eigenvalue weighted by atomic mass is 19.4. The van der Waals surface area contributed by atoms with E-state index in [0.717, 1.165) is 5.52 Å². The summed E-state index contributed by atoms with van der Waals surface area (Å²) in [4.78, 5) is 0. The second-order valence-corrected chi connectivity index (χ2v) is 3.53. The van der Waals surface area contributed by atoms with Gasteiger partial charge in [-0.15, -0.1) is 0 Å². The fourth-order valence-electron chi connectivity index (χ4n) is 1.55. The lowest BCUT2D eigenvalue weighted by Crippen LogP contribution is -2.12. The van der Waals surface area contributed by atoms with E-state index in [4.69, 9.17) is 0 Å². The molecule has 0 saturated heterocycles. The van der Waals surface area contributed by atoms with Gasteiger partial charge >= 0.3 is 6.18 Å². The molecule has 80 valence electrons. The van der Waals surface area contributed by atoms with E-state index in [9.17, 15) is 13.2 Å². The summed E-state index contributed by atoms with van der Waals surface area (Å²) < 4.78 is 36.7. The van der Waals surface area contributed by atoms with E-state index in [1.807, 2.05) is 0 Å². The Balaban J connectivity index is 2.46. The molecular formula is C10H9F3N2. The average Bonchev–Trinajstić information content (AvgIpc) is 2.49. The molecule has 2 nitrogen and oxygen atoms in total. The highest BCUT2D eigenvalue weighted by molar-refractivity contribution is 5.79. The van der Waals surface area contributed by atoms with E-state index in [-0.39, 0.29) is 0 Å². The summed E-state index contributed by atoms with van der Waals surface area (Å²) in [7, 11) is 0. The van der Waals surface area contributed by atoms with Crippen molar-refractivity contribution in [2.45, 2.75) is 19.5 Å². The van der Waals surface area contributed by atoms with E-state index >= 15 is 0 Å². The molecule has 0 saturated carbocycles. The third kappa shape index (κ3) is 2.11. The SMILES string of the molecule is Cc1cc2[nH]ncc2cc1CC(F)(F)F. The second-order valence-electron chi connectivity index (χ2n) is 3.53. The molecule has 1 aromatic carbocycles. The van der Waals surface area contributed by atoms with Gasteiger partial charge in [0.2, 0.25) is 0 Å². The van der Waals surface area contributed by atoms with Crippen molar-refractivity contribution >= 4 is 10.9 Å². The molecule has 0 aliphatic heterocycles. The Labute approximate surface area is 84.1 Å². The number of aromatic nitrogens is 2. The van der Waals surface area contributed by atoms with Crippen LogP contribution in [0.3, 0.4) is 0 Å². The van der Waals surface area contributed by atoms with Crippen LogP contribution in [0.2, 0.25) is 0 Å². The summed E-state index contributed by atoms with van der Waals surface area (Å²) in [5, 5.41) is 7.20. The zero-order valence-electron chi connectivity index (χ0n) is 8.02. The molecule has 0 fully saturated rings. The Morgan fingerprint density at radius 2 is 2.07 bits per heavy atom. The molecule has 0 aliphatic carbocycles. The molecule has 0 radical (unpaired) electrons. The second kappa shape index (κ2) is 3.25. The number of aromatic amines is 1. The van der Waals surface area contributed by atoms with Crippen LogP contribution in [0.25, 0.3) is 10.9 Å².